The van der Waals surface area contributed by atoms with Crippen LogP contribution in [-0.4, -0.2) is 58.2 Å². The van der Waals surface area contributed by atoms with Crippen molar-refractivity contribution >= 4 is 5.82 Å². The molecule has 2 fully saturated rings. The van der Waals surface area contributed by atoms with E-state index in [1.54, 1.807) is 0 Å². The lowest BCUT2D eigenvalue weighted by molar-refractivity contribution is 0.0626. The van der Waals surface area contributed by atoms with E-state index in [4.69, 9.17) is 4.98 Å². The molecule has 5 nitrogen and oxygen atoms in total. The van der Waals surface area contributed by atoms with Crippen LogP contribution in [0.1, 0.15) is 58.8 Å². The second-order valence-electron chi connectivity index (χ2n) is 9.10. The van der Waals surface area contributed by atoms with E-state index < -0.39 is 0 Å². The zero-order chi connectivity index (χ0) is 18.2. The average Bonchev–Trinajstić information content (AvgIpc) is 2.52. The topological polar surface area (TPSA) is 44.3 Å². The molecule has 1 N–H and O–H groups in total. The number of anilines is 1. The predicted molar refractivity (Wildman–Crippen MR) is 104 cm³/mol. The van der Waals surface area contributed by atoms with E-state index in [1.165, 1.54) is 18.4 Å². The standard InChI is InChI=1S/C20H35N5/c1-7-16-14-21-15(2)22-18(16)25-10-8-24(9-11-25)17-12-19(3,4)23-20(5,6)13-17/h14,17,23H,7-13H2,1-6H3. The molecule has 3 rings (SSSR count). The van der Waals surface area contributed by atoms with Gasteiger partial charge in [0.25, 0.3) is 0 Å². The lowest BCUT2D eigenvalue weighted by atomic mass is 9.79. The number of rotatable bonds is 3. The van der Waals surface area contributed by atoms with Crippen molar-refractivity contribution in [2.75, 3.05) is 31.1 Å². The van der Waals surface area contributed by atoms with E-state index in [0.29, 0.717) is 6.04 Å². The summed E-state index contributed by atoms with van der Waals surface area (Å²) in [5.74, 6) is 2.03. The summed E-state index contributed by atoms with van der Waals surface area (Å²) >= 11 is 0. The Morgan fingerprint density at radius 3 is 2.24 bits per heavy atom. The van der Waals surface area contributed by atoms with Crippen LogP contribution < -0.4 is 10.2 Å². The lowest BCUT2D eigenvalue weighted by Crippen LogP contribution is -2.64. The van der Waals surface area contributed by atoms with Crippen molar-refractivity contribution in [3.8, 4) is 0 Å². The number of aryl methyl sites for hydroxylation is 2. The van der Waals surface area contributed by atoms with Crippen LogP contribution in [0.25, 0.3) is 0 Å². The zero-order valence-corrected chi connectivity index (χ0v) is 16.9. The van der Waals surface area contributed by atoms with Crippen LogP contribution in [0.15, 0.2) is 6.20 Å². The van der Waals surface area contributed by atoms with Crippen molar-refractivity contribution < 1.29 is 0 Å². The molecule has 0 bridgehead atoms. The van der Waals surface area contributed by atoms with Gasteiger partial charge in [0.05, 0.1) is 0 Å². The van der Waals surface area contributed by atoms with Crippen LogP contribution in [0.3, 0.4) is 0 Å². The summed E-state index contributed by atoms with van der Waals surface area (Å²) in [6, 6.07) is 0.672. The molecule has 0 unspecified atom stereocenters. The molecular weight excluding hydrogens is 310 g/mol. The second-order valence-corrected chi connectivity index (χ2v) is 9.10. The highest BCUT2D eigenvalue weighted by atomic mass is 15.3. The summed E-state index contributed by atoms with van der Waals surface area (Å²) in [7, 11) is 0. The molecule has 25 heavy (non-hydrogen) atoms. The first-order valence-corrected chi connectivity index (χ1v) is 9.80. The van der Waals surface area contributed by atoms with Gasteiger partial charge >= 0.3 is 0 Å². The fourth-order valence-electron chi connectivity index (χ4n) is 4.83. The van der Waals surface area contributed by atoms with Crippen LogP contribution in [0.4, 0.5) is 5.82 Å². The third kappa shape index (κ3) is 4.32. The SMILES string of the molecule is CCc1cnc(C)nc1N1CCN(C2CC(C)(C)NC(C)(C)C2)CC1. The Morgan fingerprint density at radius 2 is 1.68 bits per heavy atom. The van der Waals surface area contributed by atoms with Gasteiger partial charge in [0, 0.05) is 55.1 Å². The summed E-state index contributed by atoms with van der Waals surface area (Å²) in [4.78, 5) is 14.3. The summed E-state index contributed by atoms with van der Waals surface area (Å²) in [6.07, 6.45) is 5.45. The minimum absolute atomic E-state index is 0.211. The fourth-order valence-corrected chi connectivity index (χ4v) is 4.83. The van der Waals surface area contributed by atoms with Crippen molar-refractivity contribution in [2.24, 2.45) is 0 Å². The van der Waals surface area contributed by atoms with Crippen LogP contribution >= 0.6 is 0 Å². The molecule has 0 aliphatic carbocycles. The monoisotopic (exact) mass is 345 g/mol. The molecular formula is C20H35N5. The maximum absolute atomic E-state index is 4.74. The maximum Gasteiger partial charge on any atom is 0.135 e. The fraction of sp³-hybridized carbons (Fsp3) is 0.800. The number of nitrogens with zero attached hydrogens (tertiary/aromatic N) is 4. The molecule has 0 spiro atoms. The first-order valence-electron chi connectivity index (χ1n) is 9.80. The van der Waals surface area contributed by atoms with E-state index in [-0.39, 0.29) is 11.1 Å². The van der Waals surface area contributed by atoms with Crippen LogP contribution in [0, 0.1) is 6.92 Å². The van der Waals surface area contributed by atoms with Gasteiger partial charge in [-0.15, -0.1) is 0 Å². The number of piperidine rings is 1. The van der Waals surface area contributed by atoms with Crippen LogP contribution in [0.2, 0.25) is 0 Å². The van der Waals surface area contributed by atoms with Gasteiger partial charge in [-0.3, -0.25) is 4.90 Å². The van der Waals surface area contributed by atoms with Crippen molar-refractivity contribution in [3.05, 3.63) is 17.6 Å². The van der Waals surface area contributed by atoms with Gasteiger partial charge in [-0.1, -0.05) is 6.92 Å². The molecule has 2 aliphatic rings. The highest BCUT2D eigenvalue weighted by Gasteiger charge is 2.40. The van der Waals surface area contributed by atoms with Gasteiger partial charge in [0.2, 0.25) is 0 Å². The molecule has 0 saturated carbocycles. The van der Waals surface area contributed by atoms with E-state index >= 15 is 0 Å². The molecule has 0 atom stereocenters. The van der Waals surface area contributed by atoms with E-state index in [0.717, 1.165) is 44.2 Å². The Hall–Kier alpha value is -1.20. The number of nitrogens with one attached hydrogen (secondary N) is 1. The Labute approximate surface area is 153 Å². The Kier molecular flexibility index (Phi) is 5.09. The molecule has 5 heteroatoms. The molecule has 1 aromatic rings. The highest BCUT2D eigenvalue weighted by Crippen LogP contribution is 2.32. The van der Waals surface area contributed by atoms with Gasteiger partial charge in [-0.25, -0.2) is 9.97 Å². The molecule has 2 saturated heterocycles. The van der Waals surface area contributed by atoms with Crippen molar-refractivity contribution in [1.29, 1.82) is 0 Å². The van der Waals surface area contributed by atoms with Gasteiger partial charge in [0.15, 0.2) is 0 Å². The second kappa shape index (κ2) is 6.84. The first kappa shape index (κ1) is 18.6. The third-order valence-electron chi connectivity index (χ3n) is 5.64. The average molecular weight is 346 g/mol. The lowest BCUT2D eigenvalue weighted by Gasteiger charge is -2.51. The van der Waals surface area contributed by atoms with Gasteiger partial charge in [-0.2, -0.15) is 0 Å². The molecule has 1 aromatic heterocycles. The van der Waals surface area contributed by atoms with Crippen LogP contribution in [0.5, 0.6) is 0 Å². The normalized spacial score (nSPS) is 24.5. The Bertz CT molecular complexity index is 586. The van der Waals surface area contributed by atoms with E-state index in [9.17, 15) is 0 Å². The summed E-state index contributed by atoms with van der Waals surface area (Å²) in [5, 5.41) is 3.80. The minimum Gasteiger partial charge on any atom is -0.354 e. The molecule has 140 valence electrons. The van der Waals surface area contributed by atoms with Crippen LogP contribution in [-0.2, 0) is 6.42 Å². The Balaban J connectivity index is 1.67. The zero-order valence-electron chi connectivity index (χ0n) is 16.9. The highest BCUT2D eigenvalue weighted by molar-refractivity contribution is 5.46. The molecule has 0 amide bonds. The van der Waals surface area contributed by atoms with E-state index in [2.05, 4.69) is 54.7 Å². The number of aromatic nitrogens is 2. The number of hydrogen-bond acceptors (Lipinski definition) is 5. The minimum atomic E-state index is 0.211. The van der Waals surface area contributed by atoms with Gasteiger partial charge in [0.1, 0.15) is 11.6 Å². The molecule has 2 aliphatic heterocycles. The molecule has 0 radical (unpaired) electrons. The predicted octanol–water partition coefficient (Wildman–Crippen LogP) is 2.78. The quantitative estimate of drug-likeness (QED) is 0.913. The summed E-state index contributed by atoms with van der Waals surface area (Å²) in [6.45, 7) is 17.9. The largest absolute Gasteiger partial charge is 0.354 e. The number of piperazine rings is 1. The third-order valence-corrected chi connectivity index (χ3v) is 5.64. The summed E-state index contributed by atoms with van der Waals surface area (Å²) < 4.78 is 0. The molecule has 0 aromatic carbocycles. The first-order chi connectivity index (χ1) is 11.7. The smallest absolute Gasteiger partial charge is 0.135 e. The van der Waals surface area contributed by atoms with Crippen molar-refractivity contribution in [2.45, 2.75) is 77.9 Å². The van der Waals surface area contributed by atoms with E-state index in [1.807, 2.05) is 13.1 Å². The Morgan fingerprint density at radius 1 is 1.08 bits per heavy atom. The maximum atomic E-state index is 4.74. The van der Waals surface area contributed by atoms with Crippen molar-refractivity contribution in [3.63, 3.8) is 0 Å². The van der Waals surface area contributed by atoms with Gasteiger partial charge in [-0.05, 0) is 53.9 Å². The number of hydrogen-bond donors (Lipinski definition) is 1. The molecule has 3 heterocycles. The summed E-state index contributed by atoms with van der Waals surface area (Å²) in [5.41, 5.74) is 1.69. The van der Waals surface area contributed by atoms with Gasteiger partial charge < -0.3 is 10.2 Å². The van der Waals surface area contributed by atoms with Crippen molar-refractivity contribution in [1.82, 2.24) is 20.2 Å².